The fourth-order valence-corrected chi connectivity index (χ4v) is 4.00. The molecule has 3 nitrogen and oxygen atoms in total. The summed E-state index contributed by atoms with van der Waals surface area (Å²) in [5, 5.41) is 12.4. The molecule has 116 valence electrons. The summed E-state index contributed by atoms with van der Waals surface area (Å²) in [6.45, 7) is 8.84. The van der Waals surface area contributed by atoms with Crippen molar-refractivity contribution in [3.05, 3.63) is 29.6 Å². The highest BCUT2D eigenvalue weighted by Gasteiger charge is 2.38. The summed E-state index contributed by atoms with van der Waals surface area (Å²) < 4.78 is 14.0. The number of hydrogen-bond acceptors (Lipinski definition) is 2. The molecule has 0 saturated heterocycles. The largest absolute Gasteiger partial charge is 0.478 e. The predicted molar refractivity (Wildman–Crippen MR) is 82.2 cm³/mol. The first-order chi connectivity index (χ1) is 9.60. The number of carbonyl (C=O) groups is 1. The van der Waals surface area contributed by atoms with E-state index in [1.54, 1.807) is 0 Å². The highest BCUT2D eigenvalue weighted by Crippen LogP contribution is 2.46. The maximum absolute atomic E-state index is 14.0. The second-order valence-corrected chi connectivity index (χ2v) is 7.72. The molecule has 0 spiro atoms. The molecule has 4 heteroatoms. The van der Waals surface area contributed by atoms with Crippen LogP contribution in [0.3, 0.4) is 0 Å². The summed E-state index contributed by atoms with van der Waals surface area (Å²) >= 11 is 0. The van der Waals surface area contributed by atoms with Crippen LogP contribution in [0.15, 0.2) is 18.2 Å². The Morgan fingerprint density at radius 3 is 2.33 bits per heavy atom. The average molecular weight is 293 g/mol. The molecule has 0 heterocycles. The van der Waals surface area contributed by atoms with Gasteiger partial charge >= 0.3 is 5.97 Å². The van der Waals surface area contributed by atoms with Crippen molar-refractivity contribution in [2.75, 3.05) is 5.32 Å². The molecule has 1 aliphatic rings. The van der Waals surface area contributed by atoms with Gasteiger partial charge in [-0.2, -0.15) is 0 Å². The van der Waals surface area contributed by atoms with Gasteiger partial charge in [0.05, 0.1) is 11.3 Å². The minimum Gasteiger partial charge on any atom is -0.478 e. The van der Waals surface area contributed by atoms with E-state index >= 15 is 0 Å². The Kier molecular flexibility index (Phi) is 4.00. The summed E-state index contributed by atoms with van der Waals surface area (Å²) in [6.07, 6.45) is 2.93. The molecule has 2 N–H and O–H groups in total. The van der Waals surface area contributed by atoms with Gasteiger partial charge in [0, 0.05) is 6.04 Å². The molecule has 21 heavy (non-hydrogen) atoms. The van der Waals surface area contributed by atoms with Gasteiger partial charge in [-0.15, -0.1) is 0 Å². The molecule has 1 aromatic carbocycles. The first-order valence-corrected chi connectivity index (χ1v) is 7.38. The number of carboxylic acid groups (broad SMARTS) is 1. The quantitative estimate of drug-likeness (QED) is 0.860. The molecule has 0 radical (unpaired) electrons. The van der Waals surface area contributed by atoms with Gasteiger partial charge < -0.3 is 10.4 Å². The Hall–Kier alpha value is -1.58. The number of benzene rings is 1. The van der Waals surface area contributed by atoms with Crippen molar-refractivity contribution in [1.29, 1.82) is 0 Å². The monoisotopic (exact) mass is 293 g/mol. The van der Waals surface area contributed by atoms with E-state index in [0.29, 0.717) is 0 Å². The lowest BCUT2D eigenvalue weighted by atomic mass is 9.63. The van der Waals surface area contributed by atoms with Crippen molar-refractivity contribution in [2.45, 2.75) is 53.0 Å². The Bertz CT molecular complexity index is 536. The van der Waals surface area contributed by atoms with Crippen LogP contribution in [0, 0.1) is 16.6 Å². The molecule has 1 aliphatic carbocycles. The summed E-state index contributed by atoms with van der Waals surface area (Å²) in [6, 6.07) is 4.25. The second-order valence-electron chi connectivity index (χ2n) is 7.72. The number of nitrogens with one attached hydrogen (secondary N) is 1. The number of rotatable bonds is 3. The highest BCUT2D eigenvalue weighted by molar-refractivity contribution is 5.94. The number of halogens is 1. The standard InChI is InChI=1S/C17H24FNO2/c1-16(2)8-11(9-17(3,4)10-16)19-14-12(15(20)21)6-5-7-13(14)18/h5-7,11,19H,8-10H2,1-4H3,(H,20,21). The zero-order valence-corrected chi connectivity index (χ0v) is 13.2. The van der Waals surface area contributed by atoms with Crippen molar-refractivity contribution < 1.29 is 14.3 Å². The van der Waals surface area contributed by atoms with Gasteiger partial charge in [-0.05, 0) is 42.2 Å². The first kappa shape index (κ1) is 15.8. The molecular weight excluding hydrogens is 269 g/mol. The van der Waals surface area contributed by atoms with Crippen LogP contribution in [0.25, 0.3) is 0 Å². The lowest BCUT2D eigenvalue weighted by Crippen LogP contribution is -2.40. The number of aromatic carboxylic acids is 1. The van der Waals surface area contributed by atoms with Crippen molar-refractivity contribution >= 4 is 11.7 Å². The molecule has 1 fully saturated rings. The summed E-state index contributed by atoms with van der Waals surface area (Å²) in [5.74, 6) is -1.61. The summed E-state index contributed by atoms with van der Waals surface area (Å²) in [4.78, 5) is 11.3. The molecule has 0 bridgehead atoms. The second kappa shape index (κ2) is 5.32. The molecule has 0 amide bonds. The third kappa shape index (κ3) is 3.74. The lowest BCUT2D eigenvalue weighted by Gasteiger charge is -2.45. The van der Waals surface area contributed by atoms with Crippen LogP contribution in [0.5, 0.6) is 0 Å². The van der Waals surface area contributed by atoms with Crippen molar-refractivity contribution in [1.82, 2.24) is 0 Å². The number of para-hydroxylation sites is 1. The smallest absolute Gasteiger partial charge is 0.337 e. The number of hydrogen-bond donors (Lipinski definition) is 2. The molecule has 0 unspecified atom stereocenters. The molecule has 1 saturated carbocycles. The van der Waals surface area contributed by atoms with E-state index in [-0.39, 0.29) is 28.1 Å². The van der Waals surface area contributed by atoms with Crippen LogP contribution in [-0.2, 0) is 0 Å². The minimum atomic E-state index is -1.11. The van der Waals surface area contributed by atoms with Crippen LogP contribution in [0.2, 0.25) is 0 Å². The molecule has 2 rings (SSSR count). The summed E-state index contributed by atoms with van der Waals surface area (Å²) in [7, 11) is 0. The van der Waals surface area contributed by atoms with Crippen LogP contribution in [0.1, 0.15) is 57.3 Å². The highest BCUT2D eigenvalue weighted by atomic mass is 19.1. The maximum atomic E-state index is 14.0. The number of anilines is 1. The SMILES string of the molecule is CC1(C)CC(Nc2c(F)cccc2C(=O)O)CC(C)(C)C1. The van der Waals surface area contributed by atoms with Gasteiger partial charge in [-0.25, -0.2) is 9.18 Å². The zero-order valence-electron chi connectivity index (χ0n) is 13.2. The van der Waals surface area contributed by atoms with Crippen LogP contribution < -0.4 is 5.32 Å². The Balaban J connectivity index is 2.28. The lowest BCUT2D eigenvalue weighted by molar-refractivity contribution is 0.0697. The molecular formula is C17H24FNO2. The van der Waals surface area contributed by atoms with Gasteiger partial charge in [-0.1, -0.05) is 33.8 Å². The third-order valence-corrected chi connectivity index (χ3v) is 4.15. The molecule has 0 atom stereocenters. The van der Waals surface area contributed by atoms with E-state index in [4.69, 9.17) is 0 Å². The Labute approximate surface area is 125 Å². The van der Waals surface area contributed by atoms with Crippen LogP contribution in [-0.4, -0.2) is 17.1 Å². The van der Waals surface area contributed by atoms with E-state index in [1.165, 1.54) is 18.2 Å². The Morgan fingerprint density at radius 2 is 1.81 bits per heavy atom. The van der Waals surface area contributed by atoms with E-state index in [2.05, 4.69) is 33.0 Å². The van der Waals surface area contributed by atoms with E-state index in [9.17, 15) is 14.3 Å². The Morgan fingerprint density at radius 1 is 1.24 bits per heavy atom. The third-order valence-electron chi connectivity index (χ3n) is 4.15. The van der Waals surface area contributed by atoms with Crippen molar-refractivity contribution in [2.24, 2.45) is 10.8 Å². The minimum absolute atomic E-state index is 0.00353. The maximum Gasteiger partial charge on any atom is 0.337 e. The van der Waals surface area contributed by atoms with E-state index in [0.717, 1.165) is 19.3 Å². The van der Waals surface area contributed by atoms with Gasteiger partial charge in [0.2, 0.25) is 0 Å². The molecule has 0 aromatic heterocycles. The van der Waals surface area contributed by atoms with Crippen LogP contribution in [0.4, 0.5) is 10.1 Å². The van der Waals surface area contributed by atoms with Crippen molar-refractivity contribution in [3.63, 3.8) is 0 Å². The van der Waals surface area contributed by atoms with Crippen molar-refractivity contribution in [3.8, 4) is 0 Å². The predicted octanol–water partition coefficient (Wildman–Crippen LogP) is 4.54. The van der Waals surface area contributed by atoms with Crippen LogP contribution >= 0.6 is 0 Å². The average Bonchev–Trinajstić information content (AvgIpc) is 2.27. The molecule has 1 aromatic rings. The van der Waals surface area contributed by atoms with Gasteiger partial charge in [0.1, 0.15) is 5.82 Å². The van der Waals surface area contributed by atoms with Gasteiger partial charge in [-0.3, -0.25) is 0 Å². The summed E-state index contributed by atoms with van der Waals surface area (Å²) in [5.41, 5.74) is 0.432. The van der Waals surface area contributed by atoms with Gasteiger partial charge in [0.15, 0.2) is 0 Å². The molecule has 0 aliphatic heterocycles. The number of carboxylic acids is 1. The fourth-order valence-electron chi connectivity index (χ4n) is 4.00. The fraction of sp³-hybridized carbons (Fsp3) is 0.588. The zero-order chi connectivity index (χ0) is 15.8. The van der Waals surface area contributed by atoms with Gasteiger partial charge in [0.25, 0.3) is 0 Å². The van der Waals surface area contributed by atoms with E-state index in [1.807, 2.05) is 0 Å². The normalized spacial score (nSPS) is 21.0. The van der Waals surface area contributed by atoms with E-state index < -0.39 is 11.8 Å². The topological polar surface area (TPSA) is 49.3 Å². The first-order valence-electron chi connectivity index (χ1n) is 7.38.